The number of nitrogens with two attached hydrogens (primary N) is 1. The summed E-state index contributed by atoms with van der Waals surface area (Å²) in [5, 5.41) is 10.8. The predicted octanol–water partition coefficient (Wildman–Crippen LogP) is 3.36. The van der Waals surface area contributed by atoms with Gasteiger partial charge < -0.3 is 10.6 Å². The molecule has 0 saturated carbocycles. The van der Waals surface area contributed by atoms with Crippen LogP contribution in [0.15, 0.2) is 60.0 Å². The Labute approximate surface area is 126 Å². The number of nitrogens with one attached hydrogen (secondary N) is 1. The van der Waals surface area contributed by atoms with Crippen molar-refractivity contribution < 1.29 is 0 Å². The topological polar surface area (TPSA) is 57.9 Å². The molecular weight excluding hydrogens is 280 g/mol. The third-order valence-electron chi connectivity index (χ3n) is 3.58. The lowest BCUT2D eigenvalue weighted by Gasteiger charge is -2.25. The molecule has 0 saturated heterocycles. The van der Waals surface area contributed by atoms with E-state index in [4.69, 9.17) is 5.73 Å². The smallest absolute Gasteiger partial charge is 0.134 e. The zero-order chi connectivity index (χ0) is 14.2. The van der Waals surface area contributed by atoms with Gasteiger partial charge in [-0.05, 0) is 18.2 Å². The molecule has 3 N–H and O–H groups in total. The number of hydrogen-bond acceptors (Lipinski definition) is 4. The molecule has 1 aromatic heterocycles. The van der Waals surface area contributed by atoms with Gasteiger partial charge in [0.25, 0.3) is 0 Å². The minimum atomic E-state index is -0.127. The van der Waals surface area contributed by atoms with Crippen molar-refractivity contribution in [2.45, 2.75) is 5.50 Å². The number of H-pyrrole nitrogens is 1. The standard InChI is InChI=1S/C16H14N4S/c17-16-20(11-6-2-1-3-7-11)14(10-21-16)15-12-8-4-5-9-13(12)18-19-15/h1-10,16H,17H2,(H,18,19). The van der Waals surface area contributed by atoms with Crippen LogP contribution < -0.4 is 10.6 Å². The summed E-state index contributed by atoms with van der Waals surface area (Å²) in [7, 11) is 0. The van der Waals surface area contributed by atoms with Crippen molar-refractivity contribution in [2.75, 3.05) is 4.90 Å². The Balaban J connectivity index is 1.84. The lowest BCUT2D eigenvalue weighted by molar-refractivity contribution is 0.930. The van der Waals surface area contributed by atoms with E-state index in [0.717, 1.165) is 28.0 Å². The van der Waals surface area contributed by atoms with Crippen molar-refractivity contribution in [1.82, 2.24) is 10.2 Å². The highest BCUT2D eigenvalue weighted by molar-refractivity contribution is 8.03. The van der Waals surface area contributed by atoms with E-state index >= 15 is 0 Å². The molecule has 4 rings (SSSR count). The van der Waals surface area contributed by atoms with E-state index in [-0.39, 0.29) is 5.50 Å². The van der Waals surface area contributed by atoms with Gasteiger partial charge in [0.15, 0.2) is 0 Å². The van der Waals surface area contributed by atoms with E-state index in [1.165, 1.54) is 0 Å². The summed E-state index contributed by atoms with van der Waals surface area (Å²) in [6.45, 7) is 0. The molecular formula is C16H14N4S. The summed E-state index contributed by atoms with van der Waals surface area (Å²) in [4.78, 5) is 2.12. The van der Waals surface area contributed by atoms with Crippen LogP contribution in [-0.4, -0.2) is 15.7 Å². The Morgan fingerprint density at radius 1 is 1.05 bits per heavy atom. The fourth-order valence-electron chi connectivity index (χ4n) is 2.59. The molecule has 1 atom stereocenters. The molecule has 4 nitrogen and oxygen atoms in total. The lowest BCUT2D eigenvalue weighted by atomic mass is 10.1. The largest absolute Gasteiger partial charge is 0.314 e. The number of benzene rings is 2. The van der Waals surface area contributed by atoms with E-state index in [2.05, 4.69) is 38.7 Å². The van der Waals surface area contributed by atoms with Gasteiger partial charge in [-0.25, -0.2) is 0 Å². The molecule has 0 radical (unpaired) electrons. The first-order valence-corrected chi connectivity index (χ1v) is 7.68. The van der Waals surface area contributed by atoms with E-state index in [1.807, 2.05) is 36.4 Å². The number of para-hydroxylation sites is 2. The van der Waals surface area contributed by atoms with Crippen molar-refractivity contribution in [1.29, 1.82) is 0 Å². The van der Waals surface area contributed by atoms with E-state index in [0.29, 0.717) is 0 Å². The van der Waals surface area contributed by atoms with Crippen molar-refractivity contribution in [2.24, 2.45) is 5.73 Å². The Morgan fingerprint density at radius 2 is 1.81 bits per heavy atom. The molecule has 0 amide bonds. The van der Waals surface area contributed by atoms with E-state index < -0.39 is 0 Å². The van der Waals surface area contributed by atoms with Crippen molar-refractivity contribution in [3.05, 3.63) is 65.7 Å². The molecule has 21 heavy (non-hydrogen) atoms. The van der Waals surface area contributed by atoms with Gasteiger partial charge >= 0.3 is 0 Å². The van der Waals surface area contributed by atoms with Crippen LogP contribution in [0, 0.1) is 0 Å². The third kappa shape index (κ3) is 2.02. The number of hydrogen-bond donors (Lipinski definition) is 2. The van der Waals surface area contributed by atoms with Crippen LogP contribution in [0.3, 0.4) is 0 Å². The molecule has 5 heteroatoms. The van der Waals surface area contributed by atoms with Crippen LogP contribution in [0.25, 0.3) is 16.6 Å². The van der Waals surface area contributed by atoms with E-state index in [9.17, 15) is 0 Å². The average Bonchev–Trinajstić information content (AvgIpc) is 3.11. The maximum atomic E-state index is 6.25. The van der Waals surface area contributed by atoms with Crippen molar-refractivity contribution in [3.63, 3.8) is 0 Å². The van der Waals surface area contributed by atoms with Gasteiger partial charge in [-0.1, -0.05) is 48.2 Å². The number of anilines is 1. The summed E-state index contributed by atoms with van der Waals surface area (Å²) in [6, 6.07) is 18.3. The molecule has 1 aliphatic heterocycles. The first-order valence-electron chi connectivity index (χ1n) is 6.73. The molecule has 1 aliphatic rings. The summed E-state index contributed by atoms with van der Waals surface area (Å²) in [5.41, 5.74) is 10.2. The van der Waals surface area contributed by atoms with Crippen LogP contribution in [0.4, 0.5) is 5.69 Å². The van der Waals surface area contributed by atoms with Gasteiger partial charge in [0, 0.05) is 16.5 Å². The number of nitrogens with zero attached hydrogens (tertiary/aromatic N) is 2. The summed E-state index contributed by atoms with van der Waals surface area (Å²) < 4.78 is 0. The molecule has 1 unspecified atom stereocenters. The van der Waals surface area contributed by atoms with Gasteiger partial charge in [0.2, 0.25) is 0 Å². The molecule has 2 heterocycles. The molecule has 0 spiro atoms. The monoisotopic (exact) mass is 294 g/mol. The molecule has 3 aromatic rings. The number of rotatable bonds is 2. The number of aromatic nitrogens is 2. The number of thioether (sulfide) groups is 1. The van der Waals surface area contributed by atoms with Crippen LogP contribution in [-0.2, 0) is 0 Å². The maximum Gasteiger partial charge on any atom is 0.134 e. The zero-order valence-electron chi connectivity index (χ0n) is 11.2. The van der Waals surface area contributed by atoms with Crippen molar-refractivity contribution >= 4 is 34.0 Å². The highest BCUT2D eigenvalue weighted by Crippen LogP contribution is 2.39. The first-order chi connectivity index (χ1) is 10.3. The fraction of sp³-hybridized carbons (Fsp3) is 0.0625. The molecule has 2 aromatic carbocycles. The highest BCUT2D eigenvalue weighted by atomic mass is 32.2. The van der Waals surface area contributed by atoms with Crippen molar-refractivity contribution in [3.8, 4) is 0 Å². The Bertz CT molecular complexity index is 809. The predicted molar refractivity (Wildman–Crippen MR) is 88.6 cm³/mol. The van der Waals surface area contributed by atoms with Crippen LogP contribution in [0.1, 0.15) is 5.69 Å². The lowest BCUT2D eigenvalue weighted by Crippen LogP contribution is -2.34. The third-order valence-corrected chi connectivity index (χ3v) is 4.43. The second-order valence-corrected chi connectivity index (χ2v) is 5.84. The van der Waals surface area contributed by atoms with Gasteiger partial charge in [-0.15, -0.1) is 0 Å². The highest BCUT2D eigenvalue weighted by Gasteiger charge is 2.28. The first kappa shape index (κ1) is 12.5. The second kappa shape index (κ2) is 4.95. The van der Waals surface area contributed by atoms with Crippen LogP contribution >= 0.6 is 11.8 Å². The van der Waals surface area contributed by atoms with Gasteiger partial charge in [0.1, 0.15) is 11.2 Å². The Hall–Kier alpha value is -2.24. The molecule has 104 valence electrons. The summed E-state index contributed by atoms with van der Waals surface area (Å²) >= 11 is 1.60. The second-order valence-electron chi connectivity index (χ2n) is 4.85. The number of aromatic amines is 1. The Morgan fingerprint density at radius 3 is 2.67 bits per heavy atom. The van der Waals surface area contributed by atoms with E-state index in [1.54, 1.807) is 11.8 Å². The molecule has 0 aliphatic carbocycles. The van der Waals surface area contributed by atoms with Crippen LogP contribution in [0.2, 0.25) is 0 Å². The maximum absolute atomic E-state index is 6.25. The minimum absolute atomic E-state index is 0.127. The summed E-state index contributed by atoms with van der Waals surface area (Å²) in [6.07, 6.45) is 0. The Kier molecular flexibility index (Phi) is 2.94. The van der Waals surface area contributed by atoms with Crippen LogP contribution in [0.5, 0.6) is 0 Å². The van der Waals surface area contributed by atoms with Gasteiger partial charge in [-0.3, -0.25) is 5.10 Å². The number of fused-ring (bicyclic) bond motifs is 1. The quantitative estimate of drug-likeness (QED) is 0.761. The van der Waals surface area contributed by atoms with Gasteiger partial charge in [0.05, 0.1) is 11.2 Å². The fourth-order valence-corrected chi connectivity index (χ4v) is 3.44. The zero-order valence-corrected chi connectivity index (χ0v) is 12.0. The summed E-state index contributed by atoms with van der Waals surface area (Å²) in [5.74, 6) is 0. The normalized spacial score (nSPS) is 18.2. The average molecular weight is 294 g/mol. The molecule has 0 fully saturated rings. The molecule has 0 bridgehead atoms. The SMILES string of the molecule is NC1SC=C(c2n[nH]c3ccccc23)N1c1ccccc1. The minimum Gasteiger partial charge on any atom is -0.314 e. The van der Waals surface area contributed by atoms with Gasteiger partial charge in [-0.2, -0.15) is 5.10 Å².